The van der Waals surface area contributed by atoms with Gasteiger partial charge in [0.2, 0.25) is 0 Å². The van der Waals surface area contributed by atoms with Gasteiger partial charge in [-0.15, -0.1) is 0 Å². The van der Waals surface area contributed by atoms with Crippen LogP contribution >= 0.6 is 8.25 Å². The van der Waals surface area contributed by atoms with Crippen LogP contribution in [-0.2, 0) is 14.1 Å². The SMILES string of the molecule is CC(C)C(=O)C(C)C.CCOCC.O=[PH](O)O. The second-order valence-electron chi connectivity index (χ2n) is 3.78. The molecule has 17 heavy (non-hydrogen) atoms. The van der Waals surface area contributed by atoms with Gasteiger partial charge in [0.15, 0.2) is 0 Å². The van der Waals surface area contributed by atoms with Gasteiger partial charge < -0.3 is 14.5 Å². The van der Waals surface area contributed by atoms with Gasteiger partial charge in [0, 0.05) is 25.0 Å². The molecule has 0 heterocycles. The average molecular weight is 270 g/mol. The fraction of sp³-hybridized carbons (Fsp3) is 0.909. The van der Waals surface area contributed by atoms with Crippen molar-refractivity contribution in [1.82, 2.24) is 0 Å². The molecular weight excluding hydrogens is 243 g/mol. The molecule has 0 saturated carbocycles. The number of carbonyl (C=O) groups excluding carboxylic acids is 1. The lowest BCUT2D eigenvalue weighted by atomic mass is 9.99. The highest BCUT2D eigenvalue weighted by Gasteiger charge is 2.09. The molecule has 0 aromatic carbocycles. The molecule has 0 bridgehead atoms. The van der Waals surface area contributed by atoms with Gasteiger partial charge in [0.05, 0.1) is 0 Å². The first kappa shape index (κ1) is 22.0. The van der Waals surface area contributed by atoms with Crippen LogP contribution in [0.15, 0.2) is 0 Å². The summed E-state index contributed by atoms with van der Waals surface area (Å²) in [4.78, 5) is 25.2. The van der Waals surface area contributed by atoms with Crippen molar-refractivity contribution >= 4 is 14.0 Å². The number of hydrogen-bond acceptors (Lipinski definition) is 3. The van der Waals surface area contributed by atoms with Gasteiger partial charge in [-0.25, -0.2) is 0 Å². The summed E-state index contributed by atoms with van der Waals surface area (Å²) in [6.45, 7) is 13.4. The Bertz CT molecular complexity index is 176. The summed E-state index contributed by atoms with van der Waals surface area (Å²) in [7, 11) is -3.13. The first-order valence-electron chi connectivity index (χ1n) is 5.73. The highest BCUT2D eigenvalue weighted by Crippen LogP contribution is 2.03. The number of hydrogen-bond donors (Lipinski definition) is 2. The maximum Gasteiger partial charge on any atom is 0.314 e. The lowest BCUT2D eigenvalue weighted by Crippen LogP contribution is -2.13. The summed E-state index contributed by atoms with van der Waals surface area (Å²) < 4.78 is 13.6. The first-order chi connectivity index (χ1) is 7.70. The fourth-order valence-corrected chi connectivity index (χ4v) is 0.871. The smallest absolute Gasteiger partial charge is 0.314 e. The number of ketones is 1. The fourth-order valence-electron chi connectivity index (χ4n) is 0.871. The molecule has 0 aliphatic heterocycles. The van der Waals surface area contributed by atoms with Crippen LogP contribution in [0.5, 0.6) is 0 Å². The molecule has 6 heteroatoms. The average Bonchev–Trinajstić information content (AvgIpc) is 2.17. The molecule has 2 N–H and O–H groups in total. The Morgan fingerprint density at radius 1 is 1.06 bits per heavy atom. The van der Waals surface area contributed by atoms with Crippen LogP contribution in [0.2, 0.25) is 0 Å². The predicted molar refractivity (Wildman–Crippen MR) is 70.3 cm³/mol. The molecule has 0 aromatic rings. The zero-order valence-electron chi connectivity index (χ0n) is 11.7. The molecule has 0 fully saturated rings. The van der Waals surface area contributed by atoms with E-state index in [4.69, 9.17) is 19.1 Å². The van der Waals surface area contributed by atoms with Crippen LogP contribution in [0.1, 0.15) is 41.5 Å². The molecule has 0 spiro atoms. The van der Waals surface area contributed by atoms with Crippen LogP contribution in [-0.4, -0.2) is 28.8 Å². The summed E-state index contributed by atoms with van der Waals surface area (Å²) >= 11 is 0. The Morgan fingerprint density at radius 2 is 1.29 bits per heavy atom. The molecule has 0 atom stereocenters. The monoisotopic (exact) mass is 270 g/mol. The normalized spacial score (nSPS) is 9.59. The summed E-state index contributed by atoms with van der Waals surface area (Å²) in [5, 5.41) is 0. The van der Waals surface area contributed by atoms with Gasteiger partial charge >= 0.3 is 8.25 Å². The van der Waals surface area contributed by atoms with E-state index in [1.807, 2.05) is 41.5 Å². The van der Waals surface area contributed by atoms with Crippen LogP contribution in [0, 0.1) is 11.8 Å². The Labute approximate surface area is 105 Å². The van der Waals surface area contributed by atoms with Crippen molar-refractivity contribution in [3.8, 4) is 0 Å². The standard InChI is InChI=1S/C7H14O.C4H10O.H3O3P/c1-5(2)7(8)6(3)4;1-3-5-4-2;1-4(2)3/h5-6H,1-4H3;3-4H2,1-2H3;4H,(H2,1,2,3). The number of ether oxygens (including phenoxy) is 1. The maximum absolute atomic E-state index is 10.8. The Kier molecular flexibility index (Phi) is 20.4. The van der Waals surface area contributed by atoms with E-state index >= 15 is 0 Å². The highest BCUT2D eigenvalue weighted by atomic mass is 31.1. The molecule has 0 radical (unpaired) electrons. The summed E-state index contributed by atoms with van der Waals surface area (Å²) in [5.74, 6) is 0.759. The zero-order chi connectivity index (χ0) is 14.4. The van der Waals surface area contributed by atoms with E-state index in [0.717, 1.165) is 13.2 Å². The molecule has 0 aliphatic rings. The van der Waals surface area contributed by atoms with Crippen molar-refractivity contribution in [3.05, 3.63) is 0 Å². The van der Waals surface area contributed by atoms with Crippen LogP contribution in [0.4, 0.5) is 0 Å². The van der Waals surface area contributed by atoms with Gasteiger partial charge in [-0.05, 0) is 13.8 Å². The molecule has 0 unspecified atom stereocenters. The minimum absolute atomic E-state index is 0.204. The van der Waals surface area contributed by atoms with E-state index in [1.54, 1.807) is 0 Å². The van der Waals surface area contributed by atoms with Gasteiger partial charge in [0.25, 0.3) is 0 Å². The van der Waals surface area contributed by atoms with E-state index < -0.39 is 8.25 Å². The van der Waals surface area contributed by atoms with Crippen LogP contribution in [0.25, 0.3) is 0 Å². The van der Waals surface area contributed by atoms with Crippen LogP contribution < -0.4 is 0 Å². The second kappa shape index (κ2) is 15.8. The third-order valence-corrected chi connectivity index (χ3v) is 1.55. The molecule has 0 amide bonds. The molecular formula is C11H27O5P. The lowest BCUT2D eigenvalue weighted by Gasteiger charge is -2.05. The largest absolute Gasteiger partial charge is 0.382 e. The Hall–Kier alpha value is -0.220. The number of Topliss-reactive ketones (excluding diaryl/α,β-unsaturated/α-hetero) is 1. The van der Waals surface area contributed by atoms with Gasteiger partial charge in [0.1, 0.15) is 5.78 Å². The number of rotatable bonds is 4. The lowest BCUT2D eigenvalue weighted by molar-refractivity contribution is -0.124. The zero-order valence-corrected chi connectivity index (χ0v) is 12.7. The van der Waals surface area contributed by atoms with E-state index in [1.165, 1.54) is 0 Å². The van der Waals surface area contributed by atoms with Crippen molar-refractivity contribution in [2.45, 2.75) is 41.5 Å². The third-order valence-electron chi connectivity index (χ3n) is 1.55. The Balaban J connectivity index is -0.000000188. The van der Waals surface area contributed by atoms with Crippen molar-refractivity contribution in [3.63, 3.8) is 0 Å². The molecule has 0 rings (SSSR count). The minimum Gasteiger partial charge on any atom is -0.382 e. The van der Waals surface area contributed by atoms with Gasteiger partial charge in [-0.1, -0.05) is 27.7 Å². The summed E-state index contributed by atoms with van der Waals surface area (Å²) in [6.07, 6.45) is 0. The predicted octanol–water partition coefficient (Wildman–Crippen LogP) is 2.27. The van der Waals surface area contributed by atoms with Gasteiger partial charge in [-0.3, -0.25) is 9.36 Å². The van der Waals surface area contributed by atoms with Crippen LogP contribution in [0.3, 0.4) is 0 Å². The summed E-state index contributed by atoms with van der Waals surface area (Å²) in [5.41, 5.74) is 0. The van der Waals surface area contributed by atoms with Crippen molar-refractivity contribution in [2.24, 2.45) is 11.8 Å². The minimum atomic E-state index is -3.13. The number of carbonyl (C=O) groups is 1. The molecule has 0 aliphatic carbocycles. The first-order valence-corrected chi connectivity index (χ1v) is 7.04. The summed E-state index contributed by atoms with van der Waals surface area (Å²) in [6, 6.07) is 0. The topological polar surface area (TPSA) is 83.8 Å². The van der Waals surface area contributed by atoms with Crippen molar-refractivity contribution in [2.75, 3.05) is 13.2 Å². The van der Waals surface area contributed by atoms with Gasteiger partial charge in [-0.2, -0.15) is 0 Å². The van der Waals surface area contributed by atoms with E-state index in [0.29, 0.717) is 5.78 Å². The third kappa shape index (κ3) is 31.3. The molecule has 0 saturated heterocycles. The second-order valence-corrected chi connectivity index (χ2v) is 4.34. The maximum atomic E-state index is 10.8. The van der Waals surface area contributed by atoms with E-state index in [9.17, 15) is 4.79 Å². The Morgan fingerprint density at radius 3 is 1.29 bits per heavy atom. The van der Waals surface area contributed by atoms with E-state index in [-0.39, 0.29) is 11.8 Å². The highest BCUT2D eigenvalue weighted by molar-refractivity contribution is 7.30. The molecule has 106 valence electrons. The van der Waals surface area contributed by atoms with Crippen molar-refractivity contribution in [1.29, 1.82) is 0 Å². The molecule has 5 nitrogen and oxygen atoms in total. The molecule has 0 aromatic heterocycles. The van der Waals surface area contributed by atoms with E-state index in [2.05, 4.69) is 0 Å². The van der Waals surface area contributed by atoms with Crippen molar-refractivity contribution < 1.29 is 23.9 Å². The quantitative estimate of drug-likeness (QED) is 0.765.